The van der Waals surface area contributed by atoms with Crippen molar-refractivity contribution in [2.45, 2.75) is 49.9 Å². The number of carbonyl (C=O) groups is 1. The lowest BCUT2D eigenvalue weighted by Crippen LogP contribution is -2.16. The third kappa shape index (κ3) is 5.47. The fourth-order valence-electron chi connectivity index (χ4n) is 3.88. The average molecular weight is 438 g/mol. The second kappa shape index (κ2) is 10.5. The van der Waals surface area contributed by atoms with Crippen LogP contribution in [0.2, 0.25) is 0 Å². The molecule has 1 aliphatic rings. The number of aromatic nitrogens is 3. The summed E-state index contributed by atoms with van der Waals surface area (Å²) < 4.78 is 12.9. The van der Waals surface area contributed by atoms with Gasteiger partial charge in [0.15, 0.2) is 11.0 Å². The van der Waals surface area contributed by atoms with Crippen molar-refractivity contribution in [1.82, 2.24) is 14.8 Å². The summed E-state index contributed by atoms with van der Waals surface area (Å²) in [5, 5.41) is 9.70. The molecule has 0 N–H and O–H groups in total. The number of hydrogen-bond acceptors (Lipinski definition) is 6. The molecule has 0 bridgehead atoms. The molecule has 0 saturated heterocycles. The number of hydrogen-bond donors (Lipinski definition) is 0. The standard InChI is InChI=1S/C24H27N3O3S/c1-29-21-14-12-19(13-15-21)23-25-26-24(27(23)20-10-6-3-7-11-20)31-17-22(28)30-16-18-8-4-2-5-9-18/h2,4-5,8-9,12-15,20H,3,6-7,10-11,16-17H2,1H3. The van der Waals surface area contributed by atoms with E-state index < -0.39 is 0 Å². The first-order valence-corrected chi connectivity index (χ1v) is 11.6. The van der Waals surface area contributed by atoms with Gasteiger partial charge in [-0.05, 0) is 42.7 Å². The van der Waals surface area contributed by atoms with E-state index in [4.69, 9.17) is 9.47 Å². The molecule has 0 atom stereocenters. The SMILES string of the molecule is COc1ccc(-c2nnc(SCC(=O)OCc3ccccc3)n2C2CCCCC2)cc1. The van der Waals surface area contributed by atoms with Crippen molar-refractivity contribution in [2.24, 2.45) is 0 Å². The highest BCUT2D eigenvalue weighted by Crippen LogP contribution is 2.36. The van der Waals surface area contributed by atoms with Gasteiger partial charge in [-0.1, -0.05) is 61.4 Å². The fourth-order valence-corrected chi connectivity index (χ4v) is 4.69. The molecule has 2 aromatic carbocycles. The lowest BCUT2D eigenvalue weighted by Gasteiger charge is -2.25. The van der Waals surface area contributed by atoms with Gasteiger partial charge in [0, 0.05) is 11.6 Å². The van der Waals surface area contributed by atoms with Gasteiger partial charge in [0.05, 0.1) is 12.9 Å². The Morgan fingerprint density at radius 1 is 1.03 bits per heavy atom. The third-order valence-corrected chi connectivity index (χ3v) is 6.43. The first-order chi connectivity index (χ1) is 15.2. The Morgan fingerprint density at radius 2 is 1.77 bits per heavy atom. The van der Waals surface area contributed by atoms with E-state index >= 15 is 0 Å². The predicted molar refractivity (Wildman–Crippen MR) is 121 cm³/mol. The molecule has 4 rings (SSSR count). The van der Waals surface area contributed by atoms with Gasteiger partial charge in [0.1, 0.15) is 12.4 Å². The molecule has 1 aliphatic carbocycles. The van der Waals surface area contributed by atoms with Crippen LogP contribution in [-0.4, -0.2) is 33.6 Å². The summed E-state index contributed by atoms with van der Waals surface area (Å²) in [5.41, 5.74) is 1.98. The van der Waals surface area contributed by atoms with Crippen LogP contribution in [0.4, 0.5) is 0 Å². The van der Waals surface area contributed by atoms with Gasteiger partial charge in [-0.2, -0.15) is 0 Å². The second-order valence-corrected chi connectivity index (χ2v) is 8.57. The first-order valence-electron chi connectivity index (χ1n) is 10.7. The highest BCUT2D eigenvalue weighted by atomic mass is 32.2. The van der Waals surface area contributed by atoms with Gasteiger partial charge in [0.2, 0.25) is 0 Å². The number of esters is 1. The van der Waals surface area contributed by atoms with Gasteiger partial charge in [-0.3, -0.25) is 9.36 Å². The molecular formula is C24H27N3O3S. The zero-order valence-electron chi connectivity index (χ0n) is 17.7. The Balaban J connectivity index is 1.48. The number of nitrogens with zero attached hydrogens (tertiary/aromatic N) is 3. The maximum Gasteiger partial charge on any atom is 0.316 e. The summed E-state index contributed by atoms with van der Waals surface area (Å²) in [6.45, 7) is 0.284. The molecule has 1 fully saturated rings. The fraction of sp³-hybridized carbons (Fsp3) is 0.375. The van der Waals surface area contributed by atoms with E-state index in [0.29, 0.717) is 6.04 Å². The number of benzene rings is 2. The molecular weight excluding hydrogens is 410 g/mol. The zero-order valence-corrected chi connectivity index (χ0v) is 18.5. The van der Waals surface area contributed by atoms with Gasteiger partial charge < -0.3 is 9.47 Å². The molecule has 1 heterocycles. The minimum atomic E-state index is -0.252. The number of carbonyl (C=O) groups excluding carboxylic acids is 1. The smallest absolute Gasteiger partial charge is 0.316 e. The minimum Gasteiger partial charge on any atom is -0.497 e. The molecule has 0 radical (unpaired) electrons. The minimum absolute atomic E-state index is 0.209. The van der Waals surface area contributed by atoms with Crippen LogP contribution in [0.1, 0.15) is 43.7 Å². The summed E-state index contributed by atoms with van der Waals surface area (Å²) >= 11 is 1.40. The van der Waals surface area contributed by atoms with Gasteiger partial charge >= 0.3 is 5.97 Å². The predicted octanol–water partition coefficient (Wildman–Crippen LogP) is 5.29. The van der Waals surface area contributed by atoms with Gasteiger partial charge in [-0.25, -0.2) is 0 Å². The number of ether oxygens (including phenoxy) is 2. The Morgan fingerprint density at radius 3 is 2.48 bits per heavy atom. The normalized spacial score (nSPS) is 14.4. The third-order valence-electron chi connectivity index (χ3n) is 5.51. The molecule has 7 heteroatoms. The molecule has 0 amide bonds. The van der Waals surface area contributed by atoms with Crippen molar-refractivity contribution < 1.29 is 14.3 Å². The van der Waals surface area contributed by atoms with E-state index in [1.165, 1.54) is 31.0 Å². The summed E-state index contributed by atoms with van der Waals surface area (Å²) in [4.78, 5) is 12.3. The highest BCUT2D eigenvalue weighted by molar-refractivity contribution is 7.99. The van der Waals surface area contributed by atoms with Crippen LogP contribution in [-0.2, 0) is 16.1 Å². The molecule has 0 aliphatic heterocycles. The van der Waals surface area contributed by atoms with E-state index in [2.05, 4.69) is 14.8 Å². The molecule has 3 aromatic rings. The number of methoxy groups -OCH3 is 1. The maximum absolute atomic E-state index is 12.3. The van der Waals surface area contributed by atoms with Crippen LogP contribution in [0, 0.1) is 0 Å². The number of thioether (sulfide) groups is 1. The Kier molecular flexibility index (Phi) is 7.25. The summed E-state index contributed by atoms with van der Waals surface area (Å²) in [5.74, 6) is 1.61. The largest absolute Gasteiger partial charge is 0.497 e. The van der Waals surface area contributed by atoms with Gasteiger partial charge in [0.25, 0.3) is 0 Å². The van der Waals surface area contributed by atoms with Crippen molar-refractivity contribution in [1.29, 1.82) is 0 Å². The molecule has 6 nitrogen and oxygen atoms in total. The molecule has 1 aromatic heterocycles. The molecule has 1 saturated carbocycles. The van der Waals surface area contributed by atoms with Crippen molar-refractivity contribution in [3.8, 4) is 17.1 Å². The molecule has 162 valence electrons. The van der Waals surface area contributed by atoms with E-state index in [1.54, 1.807) is 7.11 Å². The molecule has 0 spiro atoms. The van der Waals surface area contributed by atoms with Crippen LogP contribution in [0.25, 0.3) is 11.4 Å². The summed E-state index contributed by atoms with van der Waals surface area (Å²) in [6, 6.07) is 17.9. The lowest BCUT2D eigenvalue weighted by atomic mass is 9.95. The Bertz CT molecular complexity index is 983. The van der Waals surface area contributed by atoms with Crippen LogP contribution in [0.3, 0.4) is 0 Å². The molecule has 0 unspecified atom stereocenters. The van der Waals surface area contributed by atoms with Crippen molar-refractivity contribution in [3.63, 3.8) is 0 Å². The van der Waals surface area contributed by atoms with E-state index in [1.807, 2.05) is 54.6 Å². The van der Waals surface area contributed by atoms with Crippen molar-refractivity contribution in [3.05, 3.63) is 60.2 Å². The topological polar surface area (TPSA) is 66.2 Å². The summed E-state index contributed by atoms with van der Waals surface area (Å²) in [6.07, 6.45) is 5.88. The average Bonchev–Trinajstić information content (AvgIpc) is 3.26. The van der Waals surface area contributed by atoms with Crippen LogP contribution in [0.15, 0.2) is 59.8 Å². The molecule has 31 heavy (non-hydrogen) atoms. The monoisotopic (exact) mass is 437 g/mol. The first kappa shape index (κ1) is 21.4. The maximum atomic E-state index is 12.3. The van der Waals surface area contributed by atoms with Crippen molar-refractivity contribution >= 4 is 17.7 Å². The van der Waals surface area contributed by atoms with Gasteiger partial charge in [-0.15, -0.1) is 10.2 Å². The zero-order chi connectivity index (χ0) is 21.5. The van der Waals surface area contributed by atoms with E-state index in [9.17, 15) is 4.79 Å². The van der Waals surface area contributed by atoms with E-state index in [-0.39, 0.29) is 18.3 Å². The lowest BCUT2D eigenvalue weighted by molar-refractivity contribution is -0.141. The van der Waals surface area contributed by atoms with Crippen LogP contribution in [0.5, 0.6) is 5.75 Å². The highest BCUT2D eigenvalue weighted by Gasteiger charge is 2.24. The van der Waals surface area contributed by atoms with Crippen LogP contribution >= 0.6 is 11.8 Å². The Hall–Kier alpha value is -2.80. The summed E-state index contributed by atoms with van der Waals surface area (Å²) in [7, 11) is 1.66. The Labute approximate surface area is 187 Å². The van der Waals surface area contributed by atoms with Crippen molar-refractivity contribution in [2.75, 3.05) is 12.9 Å². The van der Waals surface area contributed by atoms with Crippen LogP contribution < -0.4 is 4.74 Å². The quantitative estimate of drug-likeness (QED) is 0.352. The number of rotatable bonds is 8. The second-order valence-electron chi connectivity index (χ2n) is 7.63. The van der Waals surface area contributed by atoms with E-state index in [0.717, 1.165) is 40.7 Å².